The number of rotatable bonds is 5. The largest absolute Gasteiger partial charge is 0.309 e. The zero-order valence-corrected chi connectivity index (χ0v) is 12.4. The molecule has 104 valence electrons. The van der Waals surface area contributed by atoms with Gasteiger partial charge in [-0.1, -0.05) is 44.2 Å². The maximum absolute atomic E-state index is 4.54. The van der Waals surface area contributed by atoms with Gasteiger partial charge < -0.3 is 5.32 Å². The molecule has 0 fully saturated rings. The molecule has 0 saturated heterocycles. The van der Waals surface area contributed by atoms with E-state index < -0.39 is 0 Å². The summed E-state index contributed by atoms with van der Waals surface area (Å²) in [6.45, 7) is 7.86. The lowest BCUT2D eigenvalue weighted by molar-refractivity contribution is 0.543. The normalized spacial score (nSPS) is 10.5. The van der Waals surface area contributed by atoms with Gasteiger partial charge >= 0.3 is 0 Å². The van der Waals surface area contributed by atoms with Crippen molar-refractivity contribution < 1.29 is 0 Å². The molecular weight excluding hydrogens is 260 g/mol. The maximum Gasteiger partial charge on any atom is 0.117 e. The molecule has 0 aliphatic heterocycles. The molecule has 1 heterocycles. The van der Waals surface area contributed by atoms with Gasteiger partial charge in [0.05, 0.1) is 6.54 Å². The number of benzene rings is 1. The minimum Gasteiger partial charge on any atom is -0.309 e. The molecule has 0 saturated carbocycles. The van der Waals surface area contributed by atoms with Gasteiger partial charge in [0, 0.05) is 18.2 Å². The van der Waals surface area contributed by atoms with Crippen LogP contribution in [0.25, 0.3) is 11.3 Å². The highest BCUT2D eigenvalue weighted by Gasteiger charge is 2.12. The van der Waals surface area contributed by atoms with Crippen LogP contribution in [0.1, 0.15) is 26.5 Å². The first-order valence-electron chi connectivity index (χ1n) is 6.43. The van der Waals surface area contributed by atoms with Crippen LogP contribution in [0.4, 0.5) is 0 Å². The summed E-state index contributed by atoms with van der Waals surface area (Å²) in [7, 11) is 0. The summed E-state index contributed by atoms with van der Waals surface area (Å²) in [5.74, 6) is 0. The molecular formula is C14H21ClN4. The summed E-state index contributed by atoms with van der Waals surface area (Å²) < 4.78 is 0. The molecule has 0 atom stereocenters. The third-order valence-electron chi connectivity index (χ3n) is 2.73. The molecule has 1 aromatic carbocycles. The van der Waals surface area contributed by atoms with Crippen LogP contribution in [0.3, 0.4) is 0 Å². The minimum absolute atomic E-state index is 0. The van der Waals surface area contributed by atoms with E-state index in [1.165, 1.54) is 0 Å². The molecule has 0 amide bonds. The highest BCUT2D eigenvalue weighted by molar-refractivity contribution is 5.85. The van der Waals surface area contributed by atoms with E-state index in [0.29, 0.717) is 6.04 Å². The van der Waals surface area contributed by atoms with Crippen molar-refractivity contribution in [1.29, 1.82) is 0 Å². The maximum atomic E-state index is 4.54. The molecule has 0 bridgehead atoms. The third kappa shape index (κ3) is 4.04. The SMILES string of the molecule is CCn1nc(CNC(C)C)c(-c2ccccc2)n1.Cl. The first kappa shape index (κ1) is 15.7. The van der Waals surface area contributed by atoms with Gasteiger partial charge in [0.25, 0.3) is 0 Å². The molecule has 1 N–H and O–H groups in total. The summed E-state index contributed by atoms with van der Waals surface area (Å²) in [4.78, 5) is 1.75. The molecule has 4 nitrogen and oxygen atoms in total. The Hall–Kier alpha value is -1.39. The Morgan fingerprint density at radius 3 is 2.42 bits per heavy atom. The van der Waals surface area contributed by atoms with Gasteiger partial charge in [0.15, 0.2) is 0 Å². The van der Waals surface area contributed by atoms with E-state index in [0.717, 1.165) is 30.0 Å². The number of nitrogens with one attached hydrogen (secondary N) is 1. The number of halogens is 1. The Bertz CT molecular complexity index is 493. The molecule has 2 aromatic rings. The quantitative estimate of drug-likeness (QED) is 0.916. The Balaban J connectivity index is 0.00000180. The molecule has 0 aliphatic rings. The minimum atomic E-state index is 0. The van der Waals surface area contributed by atoms with Gasteiger partial charge in [-0.2, -0.15) is 15.0 Å². The first-order valence-corrected chi connectivity index (χ1v) is 6.43. The van der Waals surface area contributed by atoms with E-state index in [9.17, 15) is 0 Å². The van der Waals surface area contributed by atoms with Crippen molar-refractivity contribution in [2.75, 3.05) is 0 Å². The number of aromatic nitrogens is 3. The number of hydrogen-bond acceptors (Lipinski definition) is 3. The van der Waals surface area contributed by atoms with Crippen LogP contribution < -0.4 is 5.32 Å². The van der Waals surface area contributed by atoms with E-state index in [1.807, 2.05) is 18.2 Å². The summed E-state index contributed by atoms with van der Waals surface area (Å²) in [6, 6.07) is 10.7. The number of nitrogens with zero attached hydrogens (tertiary/aromatic N) is 3. The Kier molecular flexibility index (Phi) is 5.99. The van der Waals surface area contributed by atoms with Crippen LogP contribution in [0.5, 0.6) is 0 Å². The monoisotopic (exact) mass is 280 g/mol. The van der Waals surface area contributed by atoms with Gasteiger partial charge in [-0.25, -0.2) is 0 Å². The lowest BCUT2D eigenvalue weighted by atomic mass is 10.1. The van der Waals surface area contributed by atoms with E-state index in [1.54, 1.807) is 4.80 Å². The van der Waals surface area contributed by atoms with Crippen molar-refractivity contribution in [2.24, 2.45) is 0 Å². The Labute approximate surface area is 120 Å². The van der Waals surface area contributed by atoms with Gasteiger partial charge in [-0.15, -0.1) is 12.4 Å². The fourth-order valence-corrected chi connectivity index (χ4v) is 1.76. The molecule has 2 rings (SSSR count). The molecule has 0 aliphatic carbocycles. The fraction of sp³-hybridized carbons (Fsp3) is 0.429. The van der Waals surface area contributed by atoms with E-state index in [4.69, 9.17) is 0 Å². The second-order valence-corrected chi connectivity index (χ2v) is 4.59. The molecule has 0 spiro atoms. The Morgan fingerprint density at radius 2 is 1.84 bits per heavy atom. The molecule has 0 radical (unpaired) electrons. The second-order valence-electron chi connectivity index (χ2n) is 4.59. The highest BCUT2D eigenvalue weighted by Crippen LogP contribution is 2.19. The predicted octanol–water partition coefficient (Wildman–Crippen LogP) is 2.88. The zero-order chi connectivity index (χ0) is 13.0. The van der Waals surface area contributed by atoms with Crippen LogP contribution in [0.15, 0.2) is 30.3 Å². The van der Waals surface area contributed by atoms with Crippen molar-refractivity contribution in [3.8, 4) is 11.3 Å². The summed E-state index contributed by atoms with van der Waals surface area (Å²) in [6.07, 6.45) is 0. The summed E-state index contributed by atoms with van der Waals surface area (Å²) >= 11 is 0. The van der Waals surface area contributed by atoms with Gasteiger partial charge in [0.2, 0.25) is 0 Å². The van der Waals surface area contributed by atoms with Crippen LogP contribution in [-0.4, -0.2) is 21.0 Å². The van der Waals surface area contributed by atoms with Crippen molar-refractivity contribution >= 4 is 12.4 Å². The highest BCUT2D eigenvalue weighted by atomic mass is 35.5. The molecule has 0 unspecified atom stereocenters. The lowest BCUT2D eigenvalue weighted by Crippen LogP contribution is -2.22. The lowest BCUT2D eigenvalue weighted by Gasteiger charge is -2.06. The zero-order valence-electron chi connectivity index (χ0n) is 11.6. The average molecular weight is 281 g/mol. The molecule has 1 aromatic heterocycles. The molecule has 19 heavy (non-hydrogen) atoms. The van der Waals surface area contributed by atoms with Crippen LogP contribution in [-0.2, 0) is 13.1 Å². The van der Waals surface area contributed by atoms with Gasteiger partial charge in [-0.3, -0.25) is 0 Å². The van der Waals surface area contributed by atoms with Crippen molar-refractivity contribution in [1.82, 2.24) is 20.3 Å². The standard InChI is InChI=1S/C14H20N4.ClH/c1-4-18-16-13(10-15-11(2)3)14(17-18)12-8-6-5-7-9-12;/h5-9,11,15H,4,10H2,1-3H3;1H. The summed E-state index contributed by atoms with van der Waals surface area (Å²) in [5, 5.41) is 12.5. The Morgan fingerprint density at radius 1 is 1.16 bits per heavy atom. The fourth-order valence-electron chi connectivity index (χ4n) is 1.76. The van der Waals surface area contributed by atoms with Crippen LogP contribution in [0.2, 0.25) is 0 Å². The van der Waals surface area contributed by atoms with Gasteiger partial charge in [-0.05, 0) is 6.92 Å². The summed E-state index contributed by atoms with van der Waals surface area (Å²) in [5.41, 5.74) is 3.11. The van der Waals surface area contributed by atoms with Crippen LogP contribution >= 0.6 is 12.4 Å². The van der Waals surface area contributed by atoms with E-state index in [2.05, 4.69) is 48.4 Å². The first-order chi connectivity index (χ1) is 8.70. The third-order valence-corrected chi connectivity index (χ3v) is 2.73. The van der Waals surface area contributed by atoms with Crippen LogP contribution in [0, 0.1) is 0 Å². The topological polar surface area (TPSA) is 42.7 Å². The van der Waals surface area contributed by atoms with E-state index >= 15 is 0 Å². The number of aryl methyl sites for hydroxylation is 1. The number of hydrogen-bond donors (Lipinski definition) is 1. The average Bonchev–Trinajstić information content (AvgIpc) is 2.80. The van der Waals surface area contributed by atoms with Crippen molar-refractivity contribution in [3.05, 3.63) is 36.0 Å². The van der Waals surface area contributed by atoms with Gasteiger partial charge in [0.1, 0.15) is 11.4 Å². The molecule has 5 heteroatoms. The van der Waals surface area contributed by atoms with E-state index in [-0.39, 0.29) is 12.4 Å². The van der Waals surface area contributed by atoms with Crippen molar-refractivity contribution in [2.45, 2.75) is 39.9 Å². The van der Waals surface area contributed by atoms with Crippen molar-refractivity contribution in [3.63, 3.8) is 0 Å². The predicted molar refractivity (Wildman–Crippen MR) is 80.4 cm³/mol. The smallest absolute Gasteiger partial charge is 0.117 e. The second kappa shape index (κ2) is 7.26.